The van der Waals surface area contributed by atoms with Crippen LogP contribution in [0.4, 0.5) is 19.0 Å². The number of halogens is 3. The number of thioether (sulfide) groups is 1. The van der Waals surface area contributed by atoms with Crippen LogP contribution in [0.15, 0.2) is 32.9 Å². The van der Waals surface area contributed by atoms with Crippen LogP contribution >= 0.6 is 11.8 Å². The van der Waals surface area contributed by atoms with Crippen LogP contribution in [-0.4, -0.2) is 25.7 Å². The first kappa shape index (κ1) is 21.7. The van der Waals surface area contributed by atoms with Gasteiger partial charge in [0, 0.05) is 19.8 Å². The van der Waals surface area contributed by atoms with Gasteiger partial charge in [-0.1, -0.05) is 25.6 Å². The number of alkyl halides is 3. The average Bonchev–Trinajstić information content (AvgIpc) is 2.61. The number of carbonyl (C=O) groups is 1. The van der Waals surface area contributed by atoms with Crippen molar-refractivity contribution in [1.82, 2.24) is 14.1 Å². The van der Waals surface area contributed by atoms with Gasteiger partial charge in [0.05, 0.1) is 16.3 Å². The zero-order valence-electron chi connectivity index (χ0n) is 15.4. The smallest absolute Gasteiger partial charge is 0.384 e. The molecule has 0 fully saturated rings. The van der Waals surface area contributed by atoms with Crippen LogP contribution in [0.3, 0.4) is 0 Å². The normalized spacial score (nSPS) is 11.8. The Morgan fingerprint density at radius 3 is 2.43 bits per heavy atom. The van der Waals surface area contributed by atoms with Gasteiger partial charge < -0.3 is 5.73 Å². The number of nitrogen functional groups attached to an aromatic ring is 1. The Kier molecular flexibility index (Phi) is 6.37. The highest BCUT2D eigenvalue weighted by Crippen LogP contribution is 2.29. The molecule has 2 heterocycles. The summed E-state index contributed by atoms with van der Waals surface area (Å²) in [6.07, 6.45) is -3.83. The van der Waals surface area contributed by atoms with Crippen molar-refractivity contribution in [3.8, 4) is 0 Å². The lowest BCUT2D eigenvalue weighted by Gasteiger charge is -2.16. The van der Waals surface area contributed by atoms with Crippen molar-refractivity contribution in [2.24, 2.45) is 13.0 Å². The minimum atomic E-state index is -4.50. The van der Waals surface area contributed by atoms with Crippen molar-refractivity contribution in [2.45, 2.75) is 31.6 Å². The van der Waals surface area contributed by atoms with Crippen molar-refractivity contribution < 1.29 is 18.0 Å². The summed E-state index contributed by atoms with van der Waals surface area (Å²) >= 11 is 0.871. The summed E-state index contributed by atoms with van der Waals surface area (Å²) in [4.78, 5) is 40.8. The minimum Gasteiger partial charge on any atom is -0.384 e. The number of hydrogen-bond acceptors (Lipinski definition) is 6. The summed E-state index contributed by atoms with van der Waals surface area (Å²) in [5.41, 5.74) is 3.27. The second-order valence-electron chi connectivity index (χ2n) is 6.51. The molecular weight excluding hydrogens is 397 g/mol. The molecule has 0 amide bonds. The van der Waals surface area contributed by atoms with E-state index in [0.717, 1.165) is 28.5 Å². The number of nitrogens with zero attached hydrogens (tertiary/aromatic N) is 3. The SMILES string of the molecule is CC(C)Cn1c(N)c(C(=O)CSc2ccc(C(F)(F)F)cn2)c(=O)n(C)c1=O. The number of hydrogen-bond donors (Lipinski definition) is 1. The Morgan fingerprint density at radius 2 is 1.93 bits per heavy atom. The van der Waals surface area contributed by atoms with Crippen molar-refractivity contribution in [1.29, 1.82) is 0 Å². The Labute approximate surface area is 162 Å². The van der Waals surface area contributed by atoms with Gasteiger partial charge in [-0.05, 0) is 18.1 Å². The van der Waals surface area contributed by atoms with E-state index >= 15 is 0 Å². The summed E-state index contributed by atoms with van der Waals surface area (Å²) in [7, 11) is 1.25. The predicted molar refractivity (Wildman–Crippen MR) is 99.5 cm³/mol. The quantitative estimate of drug-likeness (QED) is 0.572. The minimum absolute atomic E-state index is 0.0474. The van der Waals surface area contributed by atoms with Crippen molar-refractivity contribution >= 4 is 23.4 Å². The van der Waals surface area contributed by atoms with E-state index < -0.39 is 28.8 Å². The molecule has 0 unspecified atom stereocenters. The summed E-state index contributed by atoms with van der Waals surface area (Å²) in [6, 6.07) is 2.00. The number of rotatable bonds is 6. The van der Waals surface area contributed by atoms with Gasteiger partial charge in [0.1, 0.15) is 11.4 Å². The molecule has 0 atom stereocenters. The standard InChI is InChI=1S/C17H19F3N4O3S/c1-9(2)7-24-14(21)13(15(26)23(3)16(24)27)11(25)8-28-12-5-4-10(6-22-12)17(18,19)20/h4-6,9H,7-8,21H2,1-3H3. The van der Waals surface area contributed by atoms with E-state index in [1.54, 1.807) is 0 Å². The van der Waals surface area contributed by atoms with E-state index in [9.17, 15) is 27.6 Å². The fourth-order valence-electron chi connectivity index (χ4n) is 2.43. The molecule has 0 spiro atoms. The molecule has 0 saturated heterocycles. The number of aromatic nitrogens is 3. The number of pyridine rings is 1. The fourth-order valence-corrected chi connectivity index (χ4v) is 3.15. The van der Waals surface area contributed by atoms with Crippen molar-refractivity contribution in [2.75, 3.05) is 11.5 Å². The third-order valence-electron chi connectivity index (χ3n) is 3.82. The average molecular weight is 416 g/mol. The Hall–Kier alpha value is -2.56. The summed E-state index contributed by atoms with van der Waals surface area (Å²) in [5.74, 6) is -1.07. The number of ketones is 1. The zero-order chi connectivity index (χ0) is 21.2. The molecule has 0 aliphatic carbocycles. The summed E-state index contributed by atoms with van der Waals surface area (Å²) in [6.45, 7) is 3.93. The molecule has 0 bridgehead atoms. The second-order valence-corrected chi connectivity index (χ2v) is 7.50. The van der Waals surface area contributed by atoms with Gasteiger partial charge in [0.2, 0.25) is 0 Å². The van der Waals surface area contributed by atoms with Gasteiger partial charge in [-0.3, -0.25) is 18.7 Å². The van der Waals surface area contributed by atoms with E-state index in [2.05, 4.69) is 4.98 Å². The maximum atomic E-state index is 12.6. The van der Waals surface area contributed by atoms with Gasteiger partial charge in [0.25, 0.3) is 5.56 Å². The third kappa shape index (κ3) is 4.64. The van der Waals surface area contributed by atoms with E-state index in [1.807, 2.05) is 13.8 Å². The van der Waals surface area contributed by atoms with Crippen LogP contribution < -0.4 is 17.0 Å². The summed E-state index contributed by atoms with van der Waals surface area (Å²) in [5, 5.41) is 0.187. The molecule has 0 aromatic carbocycles. The highest BCUT2D eigenvalue weighted by atomic mass is 32.2. The van der Waals surface area contributed by atoms with Crippen molar-refractivity contribution in [3.05, 3.63) is 50.3 Å². The summed E-state index contributed by atoms with van der Waals surface area (Å²) < 4.78 is 39.7. The van der Waals surface area contributed by atoms with E-state index in [-0.39, 0.29) is 34.6 Å². The maximum Gasteiger partial charge on any atom is 0.417 e. The Morgan fingerprint density at radius 1 is 1.29 bits per heavy atom. The largest absolute Gasteiger partial charge is 0.417 e. The van der Waals surface area contributed by atoms with E-state index in [0.29, 0.717) is 6.20 Å². The lowest BCUT2D eigenvalue weighted by Crippen LogP contribution is -2.43. The monoisotopic (exact) mass is 416 g/mol. The molecule has 0 saturated carbocycles. The third-order valence-corrected chi connectivity index (χ3v) is 4.77. The number of anilines is 1. The van der Waals surface area contributed by atoms with E-state index in [1.165, 1.54) is 11.6 Å². The molecule has 11 heteroatoms. The molecule has 28 heavy (non-hydrogen) atoms. The molecule has 0 aliphatic rings. The van der Waals surface area contributed by atoms with Crippen LogP contribution in [0, 0.1) is 5.92 Å². The molecule has 2 rings (SSSR count). The predicted octanol–water partition coefficient (Wildman–Crippen LogP) is 2.17. The first-order valence-electron chi connectivity index (χ1n) is 8.22. The van der Waals surface area contributed by atoms with Gasteiger partial charge >= 0.3 is 11.9 Å². The fraction of sp³-hybridized carbons (Fsp3) is 0.412. The van der Waals surface area contributed by atoms with Crippen LogP contribution in [0.25, 0.3) is 0 Å². The van der Waals surface area contributed by atoms with Gasteiger partial charge in [-0.2, -0.15) is 13.2 Å². The first-order chi connectivity index (χ1) is 12.9. The Bertz CT molecular complexity index is 995. The van der Waals surface area contributed by atoms with Gasteiger partial charge in [0.15, 0.2) is 5.78 Å². The zero-order valence-corrected chi connectivity index (χ0v) is 16.2. The molecule has 2 N–H and O–H groups in total. The lowest BCUT2D eigenvalue weighted by atomic mass is 10.2. The second kappa shape index (κ2) is 8.21. The topological polar surface area (TPSA) is 100.0 Å². The van der Waals surface area contributed by atoms with Gasteiger partial charge in [-0.25, -0.2) is 9.78 Å². The van der Waals surface area contributed by atoms with E-state index in [4.69, 9.17) is 5.73 Å². The first-order valence-corrected chi connectivity index (χ1v) is 9.20. The van der Waals surface area contributed by atoms with Crippen LogP contribution in [0.1, 0.15) is 29.8 Å². The highest BCUT2D eigenvalue weighted by Gasteiger charge is 2.30. The van der Waals surface area contributed by atoms with Crippen molar-refractivity contribution in [3.63, 3.8) is 0 Å². The molecule has 152 valence electrons. The lowest BCUT2D eigenvalue weighted by molar-refractivity contribution is -0.137. The molecule has 0 radical (unpaired) electrons. The molecular formula is C17H19F3N4O3S. The molecule has 7 nitrogen and oxygen atoms in total. The highest BCUT2D eigenvalue weighted by molar-refractivity contribution is 7.99. The Balaban J connectivity index is 2.28. The number of Topliss-reactive ketones (excluding diaryl/α,β-unsaturated/α-hetero) is 1. The number of nitrogens with two attached hydrogens (primary N) is 1. The molecule has 0 aliphatic heterocycles. The maximum absolute atomic E-state index is 12.6. The van der Waals surface area contributed by atoms with Crippen LogP contribution in [-0.2, 0) is 19.8 Å². The van der Waals surface area contributed by atoms with Gasteiger partial charge in [-0.15, -0.1) is 0 Å². The van der Waals surface area contributed by atoms with Crippen LogP contribution in [0.5, 0.6) is 0 Å². The van der Waals surface area contributed by atoms with Crippen LogP contribution in [0.2, 0.25) is 0 Å². The number of carbonyl (C=O) groups excluding carboxylic acids is 1. The molecule has 2 aromatic heterocycles. The molecule has 2 aromatic rings.